The first-order valence-electron chi connectivity index (χ1n) is 12.0. The smallest absolute Gasteiger partial charge is 0.00641 e. The van der Waals surface area contributed by atoms with Crippen molar-refractivity contribution in [3.05, 3.63) is 112 Å². The number of benzene rings is 3. The Kier molecular flexibility index (Phi) is 6.92. The normalized spacial score (nSPS) is 18.7. The zero-order valence-corrected chi connectivity index (χ0v) is 21.5. The molecule has 1 heterocycles. The van der Waals surface area contributed by atoms with Crippen molar-refractivity contribution in [1.29, 1.82) is 0 Å². The van der Waals surface area contributed by atoms with Gasteiger partial charge in [0.15, 0.2) is 0 Å². The molecule has 0 saturated carbocycles. The number of rotatable bonds is 5. The Morgan fingerprint density at radius 3 is 2.09 bits per heavy atom. The molecule has 3 aromatic rings. The molecule has 166 valence electrons. The van der Waals surface area contributed by atoms with Gasteiger partial charge in [-0.15, -0.1) is 7.55 Å². The van der Waals surface area contributed by atoms with E-state index in [1.54, 1.807) is 10.9 Å². The number of hydrogen-bond donors (Lipinski definition) is 0. The minimum atomic E-state index is -0.798. The topological polar surface area (TPSA) is 0 Å². The van der Waals surface area contributed by atoms with Crippen molar-refractivity contribution in [3.8, 4) is 0 Å². The highest BCUT2D eigenvalue weighted by atomic mass is 31.1. The van der Waals surface area contributed by atoms with Gasteiger partial charge in [0.25, 0.3) is 0 Å². The van der Waals surface area contributed by atoms with Gasteiger partial charge in [-0.1, -0.05) is 97.8 Å². The van der Waals surface area contributed by atoms with Crippen molar-refractivity contribution in [2.24, 2.45) is 5.92 Å². The highest BCUT2D eigenvalue weighted by Crippen LogP contribution is 2.54. The van der Waals surface area contributed by atoms with Gasteiger partial charge in [0.05, 0.1) is 0 Å². The molecule has 0 aliphatic carbocycles. The second kappa shape index (κ2) is 9.68. The van der Waals surface area contributed by atoms with E-state index in [4.69, 9.17) is 0 Å². The zero-order chi connectivity index (χ0) is 22.8. The van der Waals surface area contributed by atoms with E-state index in [1.165, 1.54) is 45.1 Å². The van der Waals surface area contributed by atoms with E-state index >= 15 is 0 Å². The van der Waals surface area contributed by atoms with Crippen LogP contribution in [0.5, 0.6) is 0 Å². The monoisotopic (exact) mass is 440 g/mol. The van der Waals surface area contributed by atoms with Gasteiger partial charge >= 0.3 is 0 Å². The number of aryl methyl sites for hydroxylation is 4. The van der Waals surface area contributed by atoms with E-state index in [-0.39, 0.29) is 0 Å². The van der Waals surface area contributed by atoms with Crippen LogP contribution in [0.4, 0.5) is 0 Å². The summed E-state index contributed by atoms with van der Waals surface area (Å²) in [5, 5.41) is 1.62. The molecule has 2 atom stereocenters. The van der Waals surface area contributed by atoms with Gasteiger partial charge in [-0.25, -0.2) is 0 Å². The lowest BCUT2D eigenvalue weighted by atomic mass is 9.92. The average Bonchev–Trinajstić information content (AvgIpc) is 2.75. The Morgan fingerprint density at radius 1 is 0.812 bits per heavy atom. The van der Waals surface area contributed by atoms with E-state index < -0.39 is 7.55 Å². The Labute approximate surface area is 195 Å². The van der Waals surface area contributed by atoms with Crippen LogP contribution in [0.15, 0.2) is 72.8 Å². The summed E-state index contributed by atoms with van der Waals surface area (Å²) in [4.78, 5) is 0. The van der Waals surface area contributed by atoms with Crippen LogP contribution in [0.25, 0.3) is 5.57 Å². The van der Waals surface area contributed by atoms with Crippen LogP contribution >= 0.6 is 7.55 Å². The lowest BCUT2D eigenvalue weighted by Gasteiger charge is -2.33. The molecule has 32 heavy (non-hydrogen) atoms. The first kappa shape index (κ1) is 22.9. The van der Waals surface area contributed by atoms with Crippen molar-refractivity contribution >= 4 is 18.4 Å². The predicted molar refractivity (Wildman–Crippen MR) is 146 cm³/mol. The number of hydrogen-bond acceptors (Lipinski definition) is 0. The zero-order valence-electron chi connectivity index (χ0n) is 20.5. The molecule has 4 rings (SSSR count). The lowest BCUT2D eigenvalue weighted by Crippen LogP contribution is -2.14. The largest absolute Gasteiger partial charge is 0.102 e. The van der Waals surface area contributed by atoms with Crippen molar-refractivity contribution in [2.75, 3.05) is 6.16 Å². The third kappa shape index (κ3) is 4.87. The predicted octanol–water partition coefficient (Wildman–Crippen LogP) is 8.54. The van der Waals surface area contributed by atoms with Gasteiger partial charge in [0.1, 0.15) is 0 Å². The molecule has 0 spiro atoms. The molecule has 0 nitrogen and oxygen atoms in total. The maximum Gasteiger partial charge on any atom is 0.00641 e. The van der Waals surface area contributed by atoms with E-state index in [0.29, 0.717) is 11.6 Å². The number of allylic oxidation sites excluding steroid dienone is 2. The molecule has 0 fully saturated rings. The summed E-state index contributed by atoms with van der Waals surface area (Å²) in [6.45, 7) is 13.8. The van der Waals surface area contributed by atoms with Gasteiger partial charge in [-0.3, -0.25) is 0 Å². The molecule has 1 aliphatic rings. The minimum absolute atomic E-state index is 0.596. The Morgan fingerprint density at radius 2 is 1.47 bits per heavy atom. The maximum absolute atomic E-state index is 2.57. The first-order valence-corrected chi connectivity index (χ1v) is 13.8. The molecule has 0 bridgehead atoms. The molecular formula is C31H37P. The average molecular weight is 441 g/mol. The summed E-state index contributed by atoms with van der Waals surface area (Å²) < 4.78 is 0. The summed E-state index contributed by atoms with van der Waals surface area (Å²) in [5.41, 5.74) is 12.1. The molecule has 1 heteroatoms. The second-order valence-electron chi connectivity index (χ2n) is 10.0. The summed E-state index contributed by atoms with van der Waals surface area (Å²) in [6, 6.07) is 25.2. The second-order valence-corrected chi connectivity index (χ2v) is 12.7. The van der Waals surface area contributed by atoms with Gasteiger partial charge in [-0.05, 0) is 84.9 Å². The van der Waals surface area contributed by atoms with Gasteiger partial charge in [0, 0.05) is 5.66 Å². The van der Waals surface area contributed by atoms with E-state index in [1.807, 2.05) is 0 Å². The van der Waals surface area contributed by atoms with E-state index in [2.05, 4.69) is 114 Å². The molecule has 0 aromatic heterocycles. The van der Waals surface area contributed by atoms with Crippen LogP contribution in [0, 0.1) is 33.6 Å². The van der Waals surface area contributed by atoms with Crippen LogP contribution < -0.4 is 0 Å². The summed E-state index contributed by atoms with van der Waals surface area (Å²) >= 11 is 0. The Hall–Kier alpha value is -2.30. The van der Waals surface area contributed by atoms with Crippen molar-refractivity contribution < 1.29 is 0 Å². The minimum Gasteiger partial charge on any atom is -0.102 e. The lowest BCUT2D eigenvalue weighted by molar-refractivity contribution is 0.741. The highest BCUT2D eigenvalue weighted by molar-refractivity contribution is 7.60. The van der Waals surface area contributed by atoms with Crippen LogP contribution in [-0.2, 0) is 0 Å². The molecule has 0 amide bonds. The highest BCUT2D eigenvalue weighted by Gasteiger charge is 2.27. The standard InChI is InChI=1S/C31H37P/c1-21(2)20-32-30(28-14-12-22(3)16-24(28)5)18-27(26-10-8-7-9-11-26)19-31(32)29-15-13-23(4)17-25(29)6/h7-18,21,31-32H,19-20H2,1-6H3. The SMILES string of the molecule is Cc1ccc(C2=[PH](CC(C)C)C(c3ccc(C)cc3C)CC(c3ccccc3)=C2)c(C)c1. The first-order chi connectivity index (χ1) is 15.3. The molecule has 1 aliphatic heterocycles. The van der Waals surface area contributed by atoms with Crippen molar-refractivity contribution in [3.63, 3.8) is 0 Å². The van der Waals surface area contributed by atoms with E-state index in [0.717, 1.165) is 6.42 Å². The molecule has 0 N–H and O–H groups in total. The van der Waals surface area contributed by atoms with Gasteiger partial charge < -0.3 is 0 Å². The van der Waals surface area contributed by atoms with Crippen LogP contribution in [0.1, 0.15) is 64.9 Å². The van der Waals surface area contributed by atoms with Crippen molar-refractivity contribution in [1.82, 2.24) is 0 Å². The summed E-state index contributed by atoms with van der Waals surface area (Å²) in [6.07, 6.45) is 5.02. The van der Waals surface area contributed by atoms with Crippen LogP contribution in [-0.4, -0.2) is 11.5 Å². The summed E-state index contributed by atoms with van der Waals surface area (Å²) in [7, 11) is -0.798. The van der Waals surface area contributed by atoms with Crippen LogP contribution in [0.2, 0.25) is 0 Å². The molecule has 2 unspecified atom stereocenters. The van der Waals surface area contributed by atoms with Crippen molar-refractivity contribution in [2.45, 2.75) is 53.6 Å². The fourth-order valence-corrected chi connectivity index (χ4v) is 9.19. The van der Waals surface area contributed by atoms with Crippen LogP contribution in [0.3, 0.4) is 0 Å². The fourth-order valence-electron chi connectivity index (χ4n) is 5.28. The van der Waals surface area contributed by atoms with Gasteiger partial charge in [0.2, 0.25) is 0 Å². The van der Waals surface area contributed by atoms with E-state index in [9.17, 15) is 0 Å². The third-order valence-electron chi connectivity index (χ3n) is 6.75. The van der Waals surface area contributed by atoms with Gasteiger partial charge in [-0.2, -0.15) is 0 Å². The Bertz CT molecular complexity index is 1180. The molecule has 0 saturated heterocycles. The molecular weight excluding hydrogens is 403 g/mol. The molecule has 3 aromatic carbocycles. The maximum atomic E-state index is 2.57. The fraction of sp³-hybridized carbons (Fsp3) is 0.323. The Balaban J connectivity index is 1.98. The summed E-state index contributed by atoms with van der Waals surface area (Å²) in [5.74, 6) is 0.699. The third-order valence-corrected chi connectivity index (χ3v) is 10.5. The molecule has 0 radical (unpaired) electrons. The quantitative estimate of drug-likeness (QED) is 0.349.